The fourth-order valence-electron chi connectivity index (χ4n) is 4.70. The number of nitriles is 1. The fourth-order valence-corrected chi connectivity index (χ4v) is 4.90. The van der Waals surface area contributed by atoms with Gasteiger partial charge in [0, 0.05) is 11.3 Å². The van der Waals surface area contributed by atoms with E-state index in [0.717, 1.165) is 11.0 Å². The van der Waals surface area contributed by atoms with Crippen LogP contribution in [0.25, 0.3) is 22.4 Å². The predicted octanol–water partition coefficient (Wildman–Crippen LogP) is 4.78. The summed E-state index contributed by atoms with van der Waals surface area (Å²) in [5.74, 6) is -2.16. The van der Waals surface area contributed by atoms with Crippen molar-refractivity contribution in [2.24, 2.45) is 5.73 Å². The normalized spacial score (nSPS) is 15.3. The molecule has 0 bridgehead atoms. The molecule has 0 saturated carbocycles. The molecule has 39 heavy (non-hydrogen) atoms. The minimum Gasteiger partial charge on any atom is -0.466 e. The first-order valence-electron chi connectivity index (χ1n) is 11.8. The third-order valence-electron chi connectivity index (χ3n) is 6.46. The molecular weight excluding hydrogens is 518 g/mol. The molecule has 0 radical (unpaired) electrons. The van der Waals surface area contributed by atoms with Gasteiger partial charge in [-0.1, -0.05) is 54.1 Å². The van der Waals surface area contributed by atoms with Crippen LogP contribution < -0.4 is 10.6 Å². The third-order valence-corrected chi connectivity index (χ3v) is 6.79. The maximum absolute atomic E-state index is 13.3. The number of carbonyl (C=O) groups excluding carboxylic acids is 2. The average Bonchev–Trinajstić information content (AvgIpc) is 3.40. The van der Waals surface area contributed by atoms with E-state index in [1.54, 1.807) is 48.5 Å². The van der Waals surface area contributed by atoms with Crippen LogP contribution in [0.5, 0.6) is 0 Å². The quantitative estimate of drug-likeness (QED) is 0.346. The predicted molar refractivity (Wildman–Crippen MR) is 146 cm³/mol. The van der Waals surface area contributed by atoms with E-state index in [-0.39, 0.29) is 22.7 Å². The number of hydrogen-bond acceptors (Lipinski definition) is 8. The van der Waals surface area contributed by atoms with E-state index in [1.165, 1.54) is 19.1 Å². The van der Waals surface area contributed by atoms with Gasteiger partial charge in [-0.3, -0.25) is 4.90 Å². The Bertz CT molecular complexity index is 1690. The van der Waals surface area contributed by atoms with Gasteiger partial charge in [-0.05, 0) is 35.9 Å². The lowest BCUT2D eigenvalue weighted by Crippen LogP contribution is -2.40. The zero-order valence-corrected chi connectivity index (χ0v) is 21.7. The van der Waals surface area contributed by atoms with Gasteiger partial charge in [0.05, 0.1) is 53.4 Å². The molecule has 9 nitrogen and oxygen atoms in total. The van der Waals surface area contributed by atoms with Gasteiger partial charge < -0.3 is 20.2 Å². The highest BCUT2D eigenvalue weighted by atomic mass is 35.5. The van der Waals surface area contributed by atoms with Crippen LogP contribution in [0.1, 0.15) is 11.5 Å². The van der Waals surface area contributed by atoms with Crippen LogP contribution in [0, 0.1) is 11.3 Å². The maximum Gasteiger partial charge on any atom is 0.355 e. The van der Waals surface area contributed by atoms with Crippen LogP contribution in [-0.2, 0) is 19.1 Å². The van der Waals surface area contributed by atoms with Crippen LogP contribution in [0.15, 0.2) is 95.5 Å². The van der Waals surface area contributed by atoms with Gasteiger partial charge in [0.2, 0.25) is 0 Å². The zero-order chi connectivity index (χ0) is 27.7. The Morgan fingerprint density at radius 1 is 1.03 bits per heavy atom. The summed E-state index contributed by atoms with van der Waals surface area (Å²) in [5.41, 5.74) is 9.42. The van der Waals surface area contributed by atoms with Crippen LogP contribution in [0.3, 0.4) is 0 Å². The molecule has 0 saturated heterocycles. The van der Waals surface area contributed by atoms with Crippen LogP contribution in [0.4, 0.5) is 5.69 Å². The number of aromatic nitrogens is 2. The van der Waals surface area contributed by atoms with E-state index in [9.17, 15) is 14.9 Å². The highest BCUT2D eigenvalue weighted by Crippen LogP contribution is 2.44. The molecule has 194 valence electrons. The number of imidazole rings is 1. The number of anilines is 1. The summed E-state index contributed by atoms with van der Waals surface area (Å²) in [6.07, 6.45) is 0. The van der Waals surface area contributed by atoms with Crippen molar-refractivity contribution in [2.45, 2.75) is 5.92 Å². The van der Waals surface area contributed by atoms with Gasteiger partial charge in [-0.15, -0.1) is 0 Å². The molecule has 2 heterocycles. The first-order valence-corrected chi connectivity index (χ1v) is 12.2. The van der Waals surface area contributed by atoms with Crippen LogP contribution >= 0.6 is 11.6 Å². The lowest BCUT2D eigenvalue weighted by molar-refractivity contribution is -0.139. The summed E-state index contributed by atoms with van der Waals surface area (Å²) in [4.78, 5) is 35.7. The van der Waals surface area contributed by atoms with Crippen LogP contribution in [0.2, 0.25) is 5.02 Å². The van der Waals surface area contributed by atoms with Crippen LogP contribution in [-0.4, -0.2) is 36.1 Å². The standard InChI is InChI=1S/C29H22ClN5O4/c1-38-28(36)24-23(16-8-4-3-5-9-16)19(15-31)26(32)35(25(24)29(37)39-2)17-12-13-20(30)18(14-17)27-33-21-10-6-7-11-22(21)34-27/h3-14,23H,32H2,1-2H3,(H,33,34). The summed E-state index contributed by atoms with van der Waals surface area (Å²) in [6.45, 7) is 0. The number of halogens is 1. The van der Waals surface area contributed by atoms with E-state index < -0.39 is 17.9 Å². The summed E-state index contributed by atoms with van der Waals surface area (Å²) < 4.78 is 10.2. The molecule has 1 aromatic heterocycles. The number of ether oxygens (including phenoxy) is 2. The Kier molecular flexibility index (Phi) is 6.79. The number of aromatic amines is 1. The molecule has 0 fully saturated rings. The number of hydrogen-bond donors (Lipinski definition) is 2. The van der Waals surface area contributed by atoms with Gasteiger partial charge in [0.25, 0.3) is 0 Å². The number of H-pyrrole nitrogens is 1. The van der Waals surface area contributed by atoms with E-state index in [0.29, 0.717) is 27.7 Å². The van der Waals surface area contributed by atoms with Crippen molar-refractivity contribution >= 4 is 40.3 Å². The third kappa shape index (κ3) is 4.37. The molecule has 1 aliphatic heterocycles. The van der Waals surface area contributed by atoms with Gasteiger partial charge in [0.15, 0.2) is 0 Å². The average molecular weight is 540 g/mol. The van der Waals surface area contributed by atoms with Gasteiger partial charge in [0.1, 0.15) is 17.3 Å². The largest absolute Gasteiger partial charge is 0.466 e. The summed E-state index contributed by atoms with van der Waals surface area (Å²) in [6, 6.07) is 23.4. The molecule has 0 aliphatic carbocycles. The molecule has 1 unspecified atom stereocenters. The van der Waals surface area contributed by atoms with Gasteiger partial charge in [-0.25, -0.2) is 14.6 Å². The number of rotatable bonds is 5. The van der Waals surface area contributed by atoms with E-state index >= 15 is 0 Å². The van der Waals surface area contributed by atoms with E-state index in [4.69, 9.17) is 26.8 Å². The Morgan fingerprint density at radius 2 is 1.72 bits per heavy atom. The lowest BCUT2D eigenvalue weighted by atomic mass is 9.81. The highest BCUT2D eigenvalue weighted by Gasteiger charge is 2.43. The number of esters is 2. The molecule has 3 N–H and O–H groups in total. The number of nitrogens with zero attached hydrogens (tertiary/aromatic N) is 3. The number of allylic oxidation sites excluding steroid dienone is 1. The van der Waals surface area contributed by atoms with Gasteiger partial charge in [-0.2, -0.15) is 5.26 Å². The Hall–Kier alpha value is -5.07. The second-order valence-electron chi connectivity index (χ2n) is 8.60. The Balaban J connectivity index is 1.78. The Labute approximate surface area is 228 Å². The number of fused-ring (bicyclic) bond motifs is 1. The molecule has 1 atom stereocenters. The number of para-hydroxylation sites is 2. The topological polar surface area (TPSA) is 134 Å². The summed E-state index contributed by atoms with van der Waals surface area (Å²) in [5, 5.41) is 10.6. The number of benzene rings is 3. The second-order valence-corrected chi connectivity index (χ2v) is 9.01. The molecule has 3 aromatic carbocycles. The molecule has 10 heteroatoms. The number of carbonyl (C=O) groups is 2. The first kappa shape index (κ1) is 25.6. The molecule has 0 amide bonds. The van der Waals surface area contributed by atoms with Crippen molar-refractivity contribution in [1.82, 2.24) is 9.97 Å². The van der Waals surface area contributed by atoms with E-state index in [2.05, 4.69) is 16.0 Å². The van der Waals surface area contributed by atoms with Crippen molar-refractivity contribution in [3.63, 3.8) is 0 Å². The van der Waals surface area contributed by atoms with E-state index in [1.807, 2.05) is 24.3 Å². The van der Waals surface area contributed by atoms with Crippen molar-refractivity contribution < 1.29 is 19.1 Å². The molecular formula is C29H22ClN5O4. The first-order chi connectivity index (χ1) is 18.9. The lowest BCUT2D eigenvalue weighted by Gasteiger charge is -2.36. The number of nitrogens with one attached hydrogen (secondary N) is 1. The number of nitrogens with two attached hydrogens (primary N) is 1. The summed E-state index contributed by atoms with van der Waals surface area (Å²) >= 11 is 6.57. The van der Waals surface area contributed by atoms with Crippen molar-refractivity contribution in [1.29, 1.82) is 5.26 Å². The molecule has 0 spiro atoms. The van der Waals surface area contributed by atoms with Crippen molar-refractivity contribution in [3.05, 3.63) is 106 Å². The maximum atomic E-state index is 13.3. The van der Waals surface area contributed by atoms with Crippen molar-refractivity contribution in [2.75, 3.05) is 19.1 Å². The SMILES string of the molecule is COC(=O)C1=C(C(=O)OC)N(c2ccc(Cl)c(-c3nc4ccccc4[nH]3)c2)C(N)=C(C#N)C1c1ccccc1. The van der Waals surface area contributed by atoms with Crippen molar-refractivity contribution in [3.8, 4) is 17.5 Å². The molecule has 4 aromatic rings. The number of methoxy groups -OCH3 is 2. The van der Waals surface area contributed by atoms with Gasteiger partial charge >= 0.3 is 11.9 Å². The summed E-state index contributed by atoms with van der Waals surface area (Å²) in [7, 11) is 2.40. The highest BCUT2D eigenvalue weighted by molar-refractivity contribution is 6.33. The fraction of sp³-hybridized carbons (Fsp3) is 0.103. The minimum absolute atomic E-state index is 0.0442. The monoisotopic (exact) mass is 539 g/mol. The zero-order valence-electron chi connectivity index (χ0n) is 20.9. The smallest absolute Gasteiger partial charge is 0.355 e. The molecule has 5 rings (SSSR count). The molecule has 1 aliphatic rings. The second kappa shape index (κ2) is 10.4. The minimum atomic E-state index is -0.962. The Morgan fingerprint density at radius 3 is 2.38 bits per heavy atom.